The maximum atomic E-state index is 8.97. The Morgan fingerprint density at radius 3 is 3.12 bits per heavy atom. The van der Waals surface area contributed by atoms with Crippen LogP contribution in [0.2, 0.25) is 0 Å². The molecule has 1 unspecified atom stereocenters. The van der Waals surface area contributed by atoms with Gasteiger partial charge in [-0.2, -0.15) is 0 Å². The summed E-state index contributed by atoms with van der Waals surface area (Å²) in [7, 11) is 2.02. The van der Waals surface area contributed by atoms with E-state index in [9.17, 15) is 0 Å². The molecule has 0 amide bonds. The van der Waals surface area contributed by atoms with E-state index in [1.54, 1.807) is 0 Å². The largest absolute Gasteiger partial charge is 0.395 e. The van der Waals surface area contributed by atoms with Crippen LogP contribution >= 0.6 is 11.8 Å². The van der Waals surface area contributed by atoms with Crippen LogP contribution in [0.25, 0.3) is 0 Å². The zero-order valence-electron chi connectivity index (χ0n) is 10.2. The lowest BCUT2D eigenvalue weighted by Gasteiger charge is -2.24. The van der Waals surface area contributed by atoms with Crippen molar-refractivity contribution in [1.29, 1.82) is 0 Å². The highest BCUT2D eigenvalue weighted by atomic mass is 32.2. The molecule has 3 nitrogen and oxygen atoms in total. The SMILES string of the molecule is CN(CC(N)CO)c1ccc2c(c1)CCCS2. The molecule has 0 aliphatic carbocycles. The van der Waals surface area contributed by atoms with E-state index < -0.39 is 0 Å². The van der Waals surface area contributed by atoms with E-state index in [0.717, 1.165) is 0 Å². The van der Waals surface area contributed by atoms with Crippen LogP contribution in [-0.4, -0.2) is 37.1 Å². The molecular formula is C13H20N2OS. The quantitative estimate of drug-likeness (QED) is 0.852. The first-order valence-corrected chi connectivity index (χ1v) is 7.02. The number of hydrogen-bond donors (Lipinski definition) is 2. The van der Waals surface area contributed by atoms with Gasteiger partial charge in [0.15, 0.2) is 0 Å². The van der Waals surface area contributed by atoms with Crippen LogP contribution in [-0.2, 0) is 6.42 Å². The van der Waals surface area contributed by atoms with Gasteiger partial charge in [0.2, 0.25) is 0 Å². The number of rotatable bonds is 4. The third-order valence-electron chi connectivity index (χ3n) is 3.08. The molecule has 4 heteroatoms. The minimum absolute atomic E-state index is 0.0329. The monoisotopic (exact) mass is 252 g/mol. The lowest BCUT2D eigenvalue weighted by atomic mass is 10.1. The fraction of sp³-hybridized carbons (Fsp3) is 0.538. The van der Waals surface area contributed by atoms with Gasteiger partial charge in [0, 0.05) is 30.2 Å². The van der Waals surface area contributed by atoms with Gasteiger partial charge >= 0.3 is 0 Å². The highest BCUT2D eigenvalue weighted by Gasteiger charge is 2.12. The van der Waals surface area contributed by atoms with Crippen molar-refractivity contribution < 1.29 is 5.11 Å². The fourth-order valence-corrected chi connectivity index (χ4v) is 3.12. The molecule has 0 saturated heterocycles. The molecule has 94 valence electrons. The first kappa shape index (κ1) is 12.7. The average Bonchev–Trinajstić information content (AvgIpc) is 2.38. The lowest BCUT2D eigenvalue weighted by molar-refractivity contribution is 0.267. The summed E-state index contributed by atoms with van der Waals surface area (Å²) in [5, 5.41) is 8.97. The molecule has 1 aliphatic rings. The zero-order valence-corrected chi connectivity index (χ0v) is 11.0. The van der Waals surface area contributed by atoms with Crippen LogP contribution in [0, 0.1) is 0 Å². The van der Waals surface area contributed by atoms with E-state index >= 15 is 0 Å². The molecule has 1 heterocycles. The number of aliphatic hydroxyl groups excluding tert-OH is 1. The van der Waals surface area contributed by atoms with Crippen molar-refractivity contribution in [2.45, 2.75) is 23.8 Å². The second-order valence-electron chi connectivity index (χ2n) is 4.57. The molecular weight excluding hydrogens is 232 g/mol. The Hall–Kier alpha value is -0.710. The van der Waals surface area contributed by atoms with E-state index in [2.05, 4.69) is 23.1 Å². The molecule has 2 rings (SSSR count). The van der Waals surface area contributed by atoms with Crippen LogP contribution < -0.4 is 10.6 Å². The number of nitrogens with zero attached hydrogens (tertiary/aromatic N) is 1. The van der Waals surface area contributed by atoms with E-state index in [0.29, 0.717) is 6.54 Å². The van der Waals surface area contributed by atoms with Gasteiger partial charge in [-0.05, 0) is 42.4 Å². The number of hydrogen-bond acceptors (Lipinski definition) is 4. The molecule has 1 aromatic rings. The number of thioether (sulfide) groups is 1. The smallest absolute Gasteiger partial charge is 0.0599 e. The van der Waals surface area contributed by atoms with Gasteiger partial charge < -0.3 is 15.7 Å². The van der Waals surface area contributed by atoms with Crippen LogP contribution in [0.15, 0.2) is 23.1 Å². The van der Waals surface area contributed by atoms with Crippen LogP contribution in [0.3, 0.4) is 0 Å². The Labute approximate surface area is 107 Å². The van der Waals surface area contributed by atoms with Crippen LogP contribution in [0.4, 0.5) is 5.69 Å². The predicted octanol–water partition coefficient (Wildman–Crippen LogP) is 1.48. The fourth-order valence-electron chi connectivity index (χ4n) is 2.10. The van der Waals surface area contributed by atoms with Crippen molar-refractivity contribution in [3.05, 3.63) is 23.8 Å². The first-order valence-electron chi connectivity index (χ1n) is 6.04. The van der Waals surface area contributed by atoms with Gasteiger partial charge in [-0.25, -0.2) is 0 Å². The van der Waals surface area contributed by atoms with E-state index in [1.165, 1.54) is 34.7 Å². The number of benzene rings is 1. The highest BCUT2D eigenvalue weighted by molar-refractivity contribution is 7.99. The van der Waals surface area contributed by atoms with Gasteiger partial charge in [0.1, 0.15) is 0 Å². The minimum atomic E-state index is -0.176. The van der Waals surface area contributed by atoms with Crippen molar-refractivity contribution >= 4 is 17.4 Å². The molecule has 3 N–H and O–H groups in total. The Kier molecular flexibility index (Phi) is 4.31. The molecule has 0 aromatic heterocycles. The normalized spacial score (nSPS) is 16.4. The van der Waals surface area contributed by atoms with Crippen molar-refractivity contribution in [3.63, 3.8) is 0 Å². The number of likely N-dealkylation sites (N-methyl/N-ethyl adjacent to an activating group) is 1. The second kappa shape index (κ2) is 5.76. The zero-order chi connectivity index (χ0) is 12.3. The summed E-state index contributed by atoms with van der Waals surface area (Å²) in [4.78, 5) is 3.53. The van der Waals surface area contributed by atoms with Gasteiger partial charge in [0.25, 0.3) is 0 Å². The lowest BCUT2D eigenvalue weighted by Crippen LogP contribution is -2.37. The topological polar surface area (TPSA) is 49.5 Å². The molecule has 0 saturated carbocycles. The summed E-state index contributed by atoms with van der Waals surface area (Å²) >= 11 is 1.94. The van der Waals surface area contributed by atoms with Crippen LogP contribution in [0.1, 0.15) is 12.0 Å². The first-order chi connectivity index (χ1) is 8.20. The molecule has 1 atom stereocenters. The summed E-state index contributed by atoms with van der Waals surface area (Å²) in [6, 6.07) is 6.42. The molecule has 0 radical (unpaired) electrons. The van der Waals surface area contributed by atoms with Gasteiger partial charge in [-0.3, -0.25) is 0 Å². The molecule has 0 fully saturated rings. The standard InChI is InChI=1S/C13H20N2OS/c1-15(8-11(14)9-16)12-4-5-13-10(7-12)3-2-6-17-13/h4-5,7,11,16H,2-3,6,8-9,14H2,1H3. The second-order valence-corrected chi connectivity index (χ2v) is 5.70. The third-order valence-corrected chi connectivity index (χ3v) is 4.28. The molecule has 0 spiro atoms. The van der Waals surface area contributed by atoms with Crippen LogP contribution in [0.5, 0.6) is 0 Å². The Bertz CT molecular complexity index is 384. The summed E-state index contributed by atoms with van der Waals surface area (Å²) in [5.41, 5.74) is 8.39. The maximum Gasteiger partial charge on any atom is 0.0599 e. The van der Waals surface area contributed by atoms with Gasteiger partial charge in [-0.1, -0.05) is 0 Å². The summed E-state index contributed by atoms with van der Waals surface area (Å²) < 4.78 is 0. The van der Waals surface area contributed by atoms with Crippen molar-refractivity contribution in [2.75, 3.05) is 30.9 Å². The van der Waals surface area contributed by atoms with Gasteiger partial charge in [-0.15, -0.1) is 11.8 Å². The minimum Gasteiger partial charge on any atom is -0.395 e. The van der Waals surface area contributed by atoms with Crippen molar-refractivity contribution in [3.8, 4) is 0 Å². The summed E-state index contributed by atoms with van der Waals surface area (Å²) in [5.74, 6) is 1.23. The maximum absolute atomic E-state index is 8.97. The number of nitrogens with two attached hydrogens (primary N) is 1. The number of anilines is 1. The van der Waals surface area contributed by atoms with Crippen molar-refractivity contribution in [2.24, 2.45) is 5.73 Å². The van der Waals surface area contributed by atoms with E-state index in [1.807, 2.05) is 18.8 Å². The molecule has 17 heavy (non-hydrogen) atoms. The summed E-state index contributed by atoms with van der Waals surface area (Å²) in [6.45, 7) is 0.716. The summed E-state index contributed by atoms with van der Waals surface area (Å²) in [6.07, 6.45) is 2.44. The van der Waals surface area contributed by atoms with Crippen molar-refractivity contribution in [1.82, 2.24) is 0 Å². The highest BCUT2D eigenvalue weighted by Crippen LogP contribution is 2.32. The van der Waals surface area contributed by atoms with E-state index in [-0.39, 0.29) is 12.6 Å². The average molecular weight is 252 g/mol. The number of aryl methyl sites for hydroxylation is 1. The Morgan fingerprint density at radius 2 is 2.35 bits per heavy atom. The van der Waals surface area contributed by atoms with E-state index in [4.69, 9.17) is 10.8 Å². The predicted molar refractivity (Wildman–Crippen MR) is 73.8 cm³/mol. The molecule has 0 bridgehead atoms. The van der Waals surface area contributed by atoms with Gasteiger partial charge in [0.05, 0.1) is 6.61 Å². The Morgan fingerprint density at radius 1 is 1.53 bits per heavy atom. The molecule has 1 aromatic carbocycles. The number of fused-ring (bicyclic) bond motifs is 1. The molecule has 1 aliphatic heterocycles. The Balaban J connectivity index is 2.10. The third kappa shape index (κ3) is 3.15. The number of aliphatic hydroxyl groups is 1.